The number of fused-ring (bicyclic) bond motifs is 1. The molecule has 0 fully saturated rings. The summed E-state index contributed by atoms with van der Waals surface area (Å²) in [7, 11) is 0. The second-order valence-electron chi connectivity index (χ2n) is 5.13. The number of rotatable bonds is 5. The predicted octanol–water partition coefficient (Wildman–Crippen LogP) is 3.84. The number of amides is 1. The van der Waals surface area contributed by atoms with Gasteiger partial charge >= 0.3 is 0 Å². The van der Waals surface area contributed by atoms with E-state index >= 15 is 0 Å². The Morgan fingerprint density at radius 2 is 1.92 bits per heavy atom. The number of para-hydroxylation sites is 1. The number of aromatic nitrogens is 1. The van der Waals surface area contributed by atoms with Gasteiger partial charge in [-0.05, 0) is 36.4 Å². The van der Waals surface area contributed by atoms with E-state index in [1.165, 1.54) is 11.8 Å². The molecule has 1 amide bonds. The number of hydrogen-bond acceptors (Lipinski definition) is 4. The third-order valence-electron chi connectivity index (χ3n) is 3.38. The molecule has 0 radical (unpaired) electrons. The molecule has 122 valence electrons. The van der Waals surface area contributed by atoms with Gasteiger partial charge in [-0.15, -0.1) is 0 Å². The Morgan fingerprint density at radius 1 is 1.17 bits per heavy atom. The topological polar surface area (TPSA) is 68.0 Å². The van der Waals surface area contributed by atoms with Gasteiger partial charge in [-0.25, -0.2) is 4.98 Å². The van der Waals surface area contributed by atoms with E-state index in [-0.39, 0.29) is 5.91 Å². The number of hydrogen-bond donors (Lipinski definition) is 2. The SMILES string of the molecule is NCCNC(=O)c1nc2ccccc2cc1Sc1ccc(Br)cc1. The second-order valence-corrected chi connectivity index (χ2v) is 7.16. The van der Waals surface area contributed by atoms with Crippen LogP contribution in [0.2, 0.25) is 0 Å². The number of nitrogens with two attached hydrogens (primary N) is 1. The summed E-state index contributed by atoms with van der Waals surface area (Å²) < 4.78 is 1.02. The van der Waals surface area contributed by atoms with Crippen molar-refractivity contribution in [2.75, 3.05) is 13.1 Å². The number of pyridine rings is 1. The Kier molecular flexibility index (Phi) is 5.50. The highest BCUT2D eigenvalue weighted by Gasteiger charge is 2.15. The van der Waals surface area contributed by atoms with Gasteiger partial charge in [-0.2, -0.15) is 0 Å². The number of benzene rings is 2. The fourth-order valence-corrected chi connectivity index (χ4v) is 3.45. The van der Waals surface area contributed by atoms with Gasteiger partial charge < -0.3 is 11.1 Å². The van der Waals surface area contributed by atoms with Crippen LogP contribution < -0.4 is 11.1 Å². The Morgan fingerprint density at radius 3 is 2.67 bits per heavy atom. The lowest BCUT2D eigenvalue weighted by Gasteiger charge is -2.11. The minimum atomic E-state index is -0.203. The molecule has 0 spiro atoms. The van der Waals surface area contributed by atoms with E-state index in [4.69, 9.17) is 5.73 Å². The zero-order valence-electron chi connectivity index (χ0n) is 12.8. The molecular formula is C18H16BrN3OS. The summed E-state index contributed by atoms with van der Waals surface area (Å²) in [6, 6.07) is 17.8. The molecule has 0 atom stereocenters. The van der Waals surface area contributed by atoms with Gasteiger partial charge in [0.1, 0.15) is 5.69 Å². The van der Waals surface area contributed by atoms with Gasteiger partial charge in [-0.3, -0.25) is 4.79 Å². The molecule has 0 unspecified atom stereocenters. The molecule has 24 heavy (non-hydrogen) atoms. The first-order valence-corrected chi connectivity index (χ1v) is 9.10. The maximum Gasteiger partial charge on any atom is 0.271 e. The van der Waals surface area contributed by atoms with Crippen molar-refractivity contribution in [2.45, 2.75) is 9.79 Å². The lowest BCUT2D eigenvalue weighted by atomic mass is 10.2. The van der Waals surface area contributed by atoms with Crippen LogP contribution in [0.4, 0.5) is 0 Å². The first kappa shape index (κ1) is 17.0. The molecule has 0 bridgehead atoms. The highest BCUT2D eigenvalue weighted by Crippen LogP contribution is 2.32. The van der Waals surface area contributed by atoms with Crippen molar-refractivity contribution >= 4 is 44.5 Å². The lowest BCUT2D eigenvalue weighted by molar-refractivity contribution is 0.0947. The molecule has 0 aliphatic heterocycles. The average Bonchev–Trinajstić information content (AvgIpc) is 2.61. The van der Waals surface area contributed by atoms with Crippen LogP contribution in [0.15, 0.2) is 68.9 Å². The molecule has 0 aliphatic rings. The smallest absolute Gasteiger partial charge is 0.271 e. The van der Waals surface area contributed by atoms with Gasteiger partial charge in [-0.1, -0.05) is 45.9 Å². The van der Waals surface area contributed by atoms with E-state index in [0.717, 1.165) is 25.2 Å². The standard InChI is InChI=1S/C18H16BrN3OS/c19-13-5-7-14(8-6-13)24-16-11-12-3-1-2-4-15(12)22-17(16)18(23)21-10-9-20/h1-8,11H,9-10,20H2,(H,21,23). The number of nitrogens with zero attached hydrogens (tertiary/aromatic N) is 1. The van der Waals surface area contributed by atoms with E-state index in [1.54, 1.807) is 0 Å². The predicted molar refractivity (Wildman–Crippen MR) is 101 cm³/mol. The summed E-state index contributed by atoms with van der Waals surface area (Å²) in [5, 5.41) is 3.81. The molecule has 1 heterocycles. The third kappa shape index (κ3) is 3.95. The Labute approximate surface area is 153 Å². The minimum absolute atomic E-state index is 0.203. The monoisotopic (exact) mass is 401 g/mol. The van der Waals surface area contributed by atoms with E-state index in [9.17, 15) is 4.79 Å². The number of nitrogens with one attached hydrogen (secondary N) is 1. The molecule has 4 nitrogen and oxygen atoms in total. The summed E-state index contributed by atoms with van der Waals surface area (Å²) in [5.41, 5.74) is 6.70. The van der Waals surface area contributed by atoms with Gasteiger partial charge in [0.15, 0.2) is 0 Å². The van der Waals surface area contributed by atoms with Crippen molar-refractivity contribution in [3.8, 4) is 0 Å². The molecule has 2 aromatic carbocycles. The van der Waals surface area contributed by atoms with Crippen LogP contribution in [0.1, 0.15) is 10.5 Å². The molecule has 0 saturated heterocycles. The van der Waals surface area contributed by atoms with Gasteiger partial charge in [0.25, 0.3) is 5.91 Å². The highest BCUT2D eigenvalue weighted by atomic mass is 79.9. The summed E-state index contributed by atoms with van der Waals surface area (Å²) in [6.45, 7) is 0.824. The second kappa shape index (κ2) is 7.79. The Hall–Kier alpha value is -1.89. The fourth-order valence-electron chi connectivity index (χ4n) is 2.24. The van der Waals surface area contributed by atoms with Crippen LogP contribution in [0.3, 0.4) is 0 Å². The van der Waals surface area contributed by atoms with Crippen molar-refractivity contribution in [1.82, 2.24) is 10.3 Å². The molecule has 1 aromatic heterocycles. The summed E-state index contributed by atoms with van der Waals surface area (Å²) in [4.78, 5) is 18.9. The maximum absolute atomic E-state index is 12.5. The summed E-state index contributed by atoms with van der Waals surface area (Å²) in [5.74, 6) is -0.203. The zero-order valence-corrected chi connectivity index (χ0v) is 15.2. The number of carbonyl (C=O) groups is 1. The van der Waals surface area contributed by atoms with E-state index < -0.39 is 0 Å². The fraction of sp³-hybridized carbons (Fsp3) is 0.111. The number of carbonyl (C=O) groups excluding carboxylic acids is 1. The van der Waals surface area contributed by atoms with Crippen molar-refractivity contribution in [1.29, 1.82) is 0 Å². The molecular weight excluding hydrogens is 386 g/mol. The van der Waals surface area contributed by atoms with Crippen LogP contribution in [0, 0.1) is 0 Å². The van der Waals surface area contributed by atoms with E-state index in [2.05, 4.69) is 26.2 Å². The van der Waals surface area contributed by atoms with Crippen LogP contribution in [0.5, 0.6) is 0 Å². The Balaban J connectivity index is 2.02. The van der Waals surface area contributed by atoms with Gasteiger partial charge in [0.05, 0.1) is 5.52 Å². The molecule has 3 rings (SSSR count). The largest absolute Gasteiger partial charge is 0.349 e. The van der Waals surface area contributed by atoms with Crippen LogP contribution >= 0.6 is 27.7 Å². The van der Waals surface area contributed by atoms with Crippen molar-refractivity contribution in [3.63, 3.8) is 0 Å². The summed E-state index contributed by atoms with van der Waals surface area (Å²) in [6.07, 6.45) is 0. The van der Waals surface area contributed by atoms with Crippen molar-refractivity contribution in [2.24, 2.45) is 5.73 Å². The zero-order chi connectivity index (χ0) is 16.9. The molecule has 3 aromatic rings. The third-order valence-corrected chi connectivity index (χ3v) is 4.94. The van der Waals surface area contributed by atoms with Crippen LogP contribution in [-0.4, -0.2) is 24.0 Å². The van der Waals surface area contributed by atoms with Crippen LogP contribution in [0.25, 0.3) is 10.9 Å². The van der Waals surface area contributed by atoms with E-state index in [0.29, 0.717) is 18.8 Å². The van der Waals surface area contributed by atoms with Gasteiger partial charge in [0, 0.05) is 32.7 Å². The highest BCUT2D eigenvalue weighted by molar-refractivity contribution is 9.10. The first-order chi connectivity index (χ1) is 11.7. The minimum Gasteiger partial charge on any atom is -0.349 e. The van der Waals surface area contributed by atoms with E-state index in [1.807, 2.05) is 54.6 Å². The maximum atomic E-state index is 12.5. The first-order valence-electron chi connectivity index (χ1n) is 7.49. The van der Waals surface area contributed by atoms with Gasteiger partial charge in [0.2, 0.25) is 0 Å². The number of halogens is 1. The molecule has 0 saturated carbocycles. The normalized spacial score (nSPS) is 10.8. The average molecular weight is 402 g/mol. The van der Waals surface area contributed by atoms with Crippen LogP contribution in [-0.2, 0) is 0 Å². The summed E-state index contributed by atoms with van der Waals surface area (Å²) >= 11 is 4.96. The molecule has 0 aliphatic carbocycles. The molecule has 6 heteroatoms. The van der Waals surface area contributed by atoms with Crippen molar-refractivity contribution in [3.05, 3.63) is 64.8 Å². The Bertz CT molecular complexity index is 868. The lowest BCUT2D eigenvalue weighted by Crippen LogP contribution is -2.30. The van der Waals surface area contributed by atoms with Crippen molar-refractivity contribution < 1.29 is 4.79 Å². The quantitative estimate of drug-likeness (QED) is 0.681. The molecule has 3 N–H and O–H groups in total.